The first kappa shape index (κ1) is 17.9. The van der Waals surface area contributed by atoms with Gasteiger partial charge in [-0.05, 0) is 66.2 Å². The number of nitrogens with one attached hydrogen (secondary N) is 1. The second-order valence-electron chi connectivity index (χ2n) is 6.34. The molecule has 1 aromatic heterocycles. The molecule has 2 amide bonds. The van der Waals surface area contributed by atoms with Crippen molar-refractivity contribution in [2.45, 2.75) is 12.8 Å². The third-order valence-corrected chi connectivity index (χ3v) is 5.93. The Morgan fingerprint density at radius 1 is 1.07 bits per heavy atom. The van der Waals surface area contributed by atoms with E-state index in [9.17, 15) is 9.59 Å². The number of fused-ring (bicyclic) bond motifs is 1. The lowest BCUT2D eigenvalue weighted by Gasteiger charge is -2.29. The zero-order valence-electron chi connectivity index (χ0n) is 14.4. The van der Waals surface area contributed by atoms with E-state index < -0.39 is 0 Å². The Morgan fingerprint density at radius 2 is 1.89 bits per heavy atom. The summed E-state index contributed by atoms with van der Waals surface area (Å²) in [5.74, 6) is -0.156. The fourth-order valence-electron chi connectivity index (χ4n) is 3.20. The smallest absolute Gasteiger partial charge is 0.268 e. The van der Waals surface area contributed by atoms with Crippen molar-refractivity contribution in [2.24, 2.45) is 0 Å². The van der Waals surface area contributed by atoms with Crippen molar-refractivity contribution >= 4 is 50.5 Å². The van der Waals surface area contributed by atoms with Gasteiger partial charge < -0.3 is 10.2 Å². The number of carbonyl (C=O) groups excluding carboxylic acids is 2. The van der Waals surface area contributed by atoms with E-state index in [1.54, 1.807) is 12.1 Å². The van der Waals surface area contributed by atoms with Gasteiger partial charge in [-0.1, -0.05) is 28.1 Å². The van der Waals surface area contributed by atoms with Gasteiger partial charge in [-0.25, -0.2) is 0 Å². The van der Waals surface area contributed by atoms with Gasteiger partial charge in [0.1, 0.15) is 0 Å². The molecule has 0 bridgehead atoms. The second kappa shape index (κ2) is 7.66. The number of halogens is 1. The minimum atomic E-state index is -0.172. The van der Waals surface area contributed by atoms with E-state index in [-0.39, 0.29) is 11.8 Å². The number of nitrogens with zero attached hydrogens (tertiary/aromatic N) is 1. The average molecular weight is 441 g/mol. The highest BCUT2D eigenvalue weighted by Gasteiger charge is 2.24. The molecule has 2 aromatic carbocycles. The maximum absolute atomic E-state index is 12.9. The third-order valence-electron chi connectivity index (χ3n) is 4.55. The minimum absolute atomic E-state index is 0.0161. The summed E-state index contributed by atoms with van der Waals surface area (Å²) in [4.78, 5) is 27.9. The lowest BCUT2D eigenvalue weighted by molar-refractivity contribution is 0.0987. The van der Waals surface area contributed by atoms with Gasteiger partial charge in [0.25, 0.3) is 11.8 Å². The number of aryl methyl sites for hydroxylation is 1. The van der Waals surface area contributed by atoms with E-state index >= 15 is 0 Å². The van der Waals surface area contributed by atoms with Crippen molar-refractivity contribution < 1.29 is 9.59 Å². The topological polar surface area (TPSA) is 49.4 Å². The largest absolute Gasteiger partial charge is 0.322 e. The van der Waals surface area contributed by atoms with E-state index in [0.717, 1.165) is 33.4 Å². The van der Waals surface area contributed by atoms with Crippen molar-refractivity contribution in [3.8, 4) is 0 Å². The molecule has 0 saturated heterocycles. The van der Waals surface area contributed by atoms with Gasteiger partial charge in [0.05, 0.1) is 4.88 Å². The first-order valence-corrected chi connectivity index (χ1v) is 10.3. The zero-order valence-corrected chi connectivity index (χ0v) is 16.8. The molecule has 27 heavy (non-hydrogen) atoms. The summed E-state index contributed by atoms with van der Waals surface area (Å²) in [6.07, 6.45) is 1.87. The summed E-state index contributed by atoms with van der Waals surface area (Å²) >= 11 is 4.82. The van der Waals surface area contributed by atoms with Gasteiger partial charge in [0.15, 0.2) is 0 Å². The van der Waals surface area contributed by atoms with Crippen LogP contribution in [0.2, 0.25) is 0 Å². The molecule has 4 rings (SSSR count). The van der Waals surface area contributed by atoms with Gasteiger partial charge >= 0.3 is 0 Å². The summed E-state index contributed by atoms with van der Waals surface area (Å²) in [5.41, 5.74) is 3.29. The molecule has 2 heterocycles. The van der Waals surface area contributed by atoms with E-state index in [4.69, 9.17) is 0 Å². The fraction of sp³-hybridized carbons (Fsp3) is 0.143. The predicted octanol–water partition coefficient (Wildman–Crippen LogP) is 5.36. The van der Waals surface area contributed by atoms with E-state index in [0.29, 0.717) is 17.8 Å². The molecular weight excluding hydrogens is 424 g/mol. The number of hydrogen-bond acceptors (Lipinski definition) is 3. The molecule has 0 saturated carbocycles. The Labute approximate surface area is 170 Å². The van der Waals surface area contributed by atoms with Gasteiger partial charge in [-0.3, -0.25) is 9.59 Å². The zero-order chi connectivity index (χ0) is 18.8. The Bertz CT molecular complexity index is 984. The normalized spacial score (nSPS) is 13.1. The van der Waals surface area contributed by atoms with Crippen LogP contribution in [0.4, 0.5) is 11.4 Å². The molecule has 0 atom stereocenters. The molecule has 3 aromatic rings. The van der Waals surface area contributed by atoms with Crippen molar-refractivity contribution in [3.63, 3.8) is 0 Å². The Morgan fingerprint density at radius 3 is 2.63 bits per heavy atom. The molecule has 6 heteroatoms. The summed E-state index contributed by atoms with van der Waals surface area (Å²) in [7, 11) is 0. The number of thiophene rings is 1. The number of hydrogen-bond donors (Lipinski definition) is 1. The van der Waals surface area contributed by atoms with Crippen LogP contribution in [-0.2, 0) is 6.42 Å². The van der Waals surface area contributed by atoms with Crippen LogP contribution in [0.15, 0.2) is 64.5 Å². The summed E-state index contributed by atoms with van der Waals surface area (Å²) < 4.78 is 0.926. The highest BCUT2D eigenvalue weighted by atomic mass is 79.9. The molecule has 0 fully saturated rings. The number of carbonyl (C=O) groups is 2. The molecule has 1 aliphatic heterocycles. The highest BCUT2D eigenvalue weighted by molar-refractivity contribution is 9.10. The maximum Gasteiger partial charge on any atom is 0.268 e. The van der Waals surface area contributed by atoms with Crippen molar-refractivity contribution in [3.05, 3.63) is 80.5 Å². The van der Waals surface area contributed by atoms with Crippen LogP contribution >= 0.6 is 27.3 Å². The molecule has 0 spiro atoms. The average Bonchev–Trinajstić information content (AvgIpc) is 3.22. The SMILES string of the molecule is O=C(Nc1ccc2c(c1)N(C(=O)c1cccs1)CCC2)c1ccc(Br)cc1. The lowest BCUT2D eigenvalue weighted by atomic mass is 10.0. The maximum atomic E-state index is 12.9. The standard InChI is InChI=1S/C21H17BrN2O2S/c22-16-8-5-15(6-9-16)20(25)23-17-10-7-14-3-1-11-24(18(14)13-17)21(26)19-4-2-12-27-19/h2,4-10,12-13H,1,3,11H2,(H,23,25). The summed E-state index contributed by atoms with van der Waals surface area (Å²) in [6, 6.07) is 16.7. The van der Waals surface area contributed by atoms with Crippen LogP contribution in [0.1, 0.15) is 32.0 Å². The lowest BCUT2D eigenvalue weighted by Crippen LogP contribution is -2.35. The van der Waals surface area contributed by atoms with Crippen LogP contribution in [0.3, 0.4) is 0 Å². The molecule has 0 radical (unpaired) electrons. The molecular formula is C21H17BrN2O2S. The van der Waals surface area contributed by atoms with Gasteiger partial charge in [0.2, 0.25) is 0 Å². The summed E-state index contributed by atoms with van der Waals surface area (Å²) in [5, 5.41) is 4.84. The van der Waals surface area contributed by atoms with Crippen molar-refractivity contribution in [1.82, 2.24) is 0 Å². The van der Waals surface area contributed by atoms with Gasteiger partial charge in [0, 0.05) is 28.0 Å². The van der Waals surface area contributed by atoms with E-state index in [1.165, 1.54) is 11.3 Å². The monoisotopic (exact) mass is 440 g/mol. The van der Waals surface area contributed by atoms with Crippen molar-refractivity contribution in [1.29, 1.82) is 0 Å². The molecule has 0 unspecified atom stereocenters. The summed E-state index contributed by atoms with van der Waals surface area (Å²) in [6.45, 7) is 0.688. The number of anilines is 2. The van der Waals surface area contributed by atoms with Gasteiger partial charge in [-0.2, -0.15) is 0 Å². The second-order valence-corrected chi connectivity index (χ2v) is 8.21. The molecule has 1 N–H and O–H groups in total. The van der Waals surface area contributed by atoms with Crippen molar-refractivity contribution in [2.75, 3.05) is 16.8 Å². The molecule has 0 aliphatic carbocycles. The quantitative estimate of drug-likeness (QED) is 0.595. The van der Waals surface area contributed by atoms with E-state index in [1.807, 2.05) is 52.7 Å². The number of rotatable bonds is 3. The predicted molar refractivity (Wildman–Crippen MR) is 113 cm³/mol. The molecule has 136 valence electrons. The number of benzene rings is 2. The van der Waals surface area contributed by atoms with Crippen LogP contribution in [0, 0.1) is 0 Å². The molecule has 1 aliphatic rings. The minimum Gasteiger partial charge on any atom is -0.322 e. The van der Waals surface area contributed by atoms with Crippen LogP contribution < -0.4 is 10.2 Å². The fourth-order valence-corrected chi connectivity index (χ4v) is 4.14. The Hall–Kier alpha value is -2.44. The Balaban J connectivity index is 1.60. The van der Waals surface area contributed by atoms with Crippen LogP contribution in [0.5, 0.6) is 0 Å². The van der Waals surface area contributed by atoms with Crippen LogP contribution in [-0.4, -0.2) is 18.4 Å². The van der Waals surface area contributed by atoms with Crippen LogP contribution in [0.25, 0.3) is 0 Å². The third kappa shape index (κ3) is 3.82. The number of amides is 2. The highest BCUT2D eigenvalue weighted by Crippen LogP contribution is 2.32. The first-order chi connectivity index (χ1) is 13.1. The first-order valence-electron chi connectivity index (χ1n) is 8.67. The molecule has 4 nitrogen and oxygen atoms in total. The van der Waals surface area contributed by atoms with E-state index in [2.05, 4.69) is 21.2 Å². The van der Waals surface area contributed by atoms with Gasteiger partial charge in [-0.15, -0.1) is 11.3 Å². The Kier molecular flexibility index (Phi) is 5.09.